The lowest BCUT2D eigenvalue weighted by Crippen LogP contribution is -2.44. The Morgan fingerprint density at radius 2 is 1.79 bits per heavy atom. The second kappa shape index (κ2) is 9.54. The van der Waals surface area contributed by atoms with Crippen molar-refractivity contribution in [3.63, 3.8) is 0 Å². The first-order chi connectivity index (χ1) is 16.3. The number of phenols is 2. The molecule has 2 heterocycles. The number of rotatable bonds is 7. The number of hydrogen-bond donors (Lipinski definition) is 2. The van der Waals surface area contributed by atoms with Gasteiger partial charge in [0.05, 0.1) is 17.4 Å². The predicted molar refractivity (Wildman–Crippen MR) is 119 cm³/mol. The van der Waals surface area contributed by atoms with Crippen molar-refractivity contribution >= 4 is 17.3 Å². The van der Waals surface area contributed by atoms with Crippen LogP contribution in [0.15, 0.2) is 46.0 Å². The Morgan fingerprint density at radius 3 is 2.44 bits per heavy atom. The molecule has 2 N–H and O–H groups in total. The number of alkyl halides is 2. The van der Waals surface area contributed by atoms with Gasteiger partial charge in [0.15, 0.2) is 11.5 Å². The van der Waals surface area contributed by atoms with E-state index >= 15 is 0 Å². The minimum atomic E-state index is -2.69. The molecule has 3 aromatic rings. The normalized spacial score (nSPS) is 14.6. The molecule has 1 saturated heterocycles. The molecule has 1 fully saturated rings. The second-order valence-corrected chi connectivity index (χ2v) is 8.12. The van der Waals surface area contributed by atoms with Gasteiger partial charge in [0.2, 0.25) is 6.41 Å². The summed E-state index contributed by atoms with van der Waals surface area (Å²) in [6, 6.07) is 7.95. The molecule has 0 aliphatic carbocycles. The van der Waals surface area contributed by atoms with Gasteiger partial charge in [0.25, 0.3) is 12.0 Å². The van der Waals surface area contributed by atoms with Crippen LogP contribution in [-0.2, 0) is 11.3 Å². The molecule has 1 aliphatic heterocycles. The van der Waals surface area contributed by atoms with Crippen LogP contribution in [0, 0.1) is 0 Å². The minimum Gasteiger partial charge on any atom is -0.504 e. The Balaban J connectivity index is 1.85. The van der Waals surface area contributed by atoms with Gasteiger partial charge in [-0.1, -0.05) is 6.07 Å². The number of phenolic OH excluding ortho intramolecular Hbond substituents is 2. The van der Waals surface area contributed by atoms with Crippen LogP contribution < -0.4 is 16.0 Å². The number of aromatic nitrogens is 2. The van der Waals surface area contributed by atoms with E-state index in [2.05, 4.69) is 0 Å². The molecule has 34 heavy (non-hydrogen) atoms. The van der Waals surface area contributed by atoms with Crippen molar-refractivity contribution in [2.75, 3.05) is 19.7 Å². The number of likely N-dealkylation sites (tertiary alicyclic amines) is 1. The summed E-state index contributed by atoms with van der Waals surface area (Å²) in [7, 11) is 0. The largest absolute Gasteiger partial charge is 0.504 e. The summed E-state index contributed by atoms with van der Waals surface area (Å²) in [6.07, 6.45) is -0.945. The smallest absolute Gasteiger partial charge is 0.332 e. The lowest BCUT2D eigenvalue weighted by molar-refractivity contribution is -0.119. The number of halogens is 2. The molecule has 1 amide bonds. The summed E-state index contributed by atoms with van der Waals surface area (Å²) in [6.45, 7) is -0.127. The minimum absolute atomic E-state index is 0.0692. The third kappa shape index (κ3) is 4.59. The third-order valence-electron chi connectivity index (χ3n) is 5.91. The fraction of sp³-hybridized carbons (Fsp3) is 0.348. The van der Waals surface area contributed by atoms with Crippen LogP contribution in [0.2, 0.25) is 0 Å². The summed E-state index contributed by atoms with van der Waals surface area (Å²) < 4.78 is 32.8. The van der Waals surface area contributed by atoms with Crippen LogP contribution in [0.3, 0.4) is 0 Å². The molecule has 0 saturated carbocycles. The van der Waals surface area contributed by atoms with Crippen LogP contribution in [0.5, 0.6) is 17.2 Å². The van der Waals surface area contributed by atoms with Gasteiger partial charge >= 0.3 is 5.69 Å². The molecular weight excluding hydrogens is 452 g/mol. The number of piperidine rings is 1. The van der Waals surface area contributed by atoms with Crippen LogP contribution in [0.1, 0.15) is 24.4 Å². The molecule has 11 heteroatoms. The Kier molecular flexibility index (Phi) is 6.53. The van der Waals surface area contributed by atoms with Crippen LogP contribution in [0.4, 0.5) is 8.78 Å². The summed E-state index contributed by atoms with van der Waals surface area (Å²) >= 11 is 0. The van der Waals surface area contributed by atoms with Crippen LogP contribution >= 0.6 is 0 Å². The van der Waals surface area contributed by atoms with Crippen molar-refractivity contribution in [2.24, 2.45) is 0 Å². The van der Waals surface area contributed by atoms with E-state index in [4.69, 9.17) is 4.74 Å². The molecule has 0 spiro atoms. The number of carbonyl (C=O) groups is 1. The molecule has 2 aromatic carbocycles. The molecule has 4 rings (SSSR count). The number of fused-ring (bicyclic) bond motifs is 1. The molecule has 0 atom stereocenters. The van der Waals surface area contributed by atoms with E-state index in [0.717, 1.165) is 11.0 Å². The number of benzene rings is 2. The van der Waals surface area contributed by atoms with Crippen molar-refractivity contribution < 1.29 is 28.5 Å². The summed E-state index contributed by atoms with van der Waals surface area (Å²) in [5.41, 5.74) is -0.470. The van der Waals surface area contributed by atoms with E-state index < -0.39 is 30.0 Å². The molecular formula is C23H23F2N3O6. The lowest BCUT2D eigenvalue weighted by atomic mass is 10.0. The Morgan fingerprint density at radius 1 is 1.06 bits per heavy atom. The van der Waals surface area contributed by atoms with Crippen molar-refractivity contribution in [1.82, 2.24) is 14.0 Å². The highest BCUT2D eigenvalue weighted by Gasteiger charge is 2.25. The highest BCUT2D eigenvalue weighted by atomic mass is 19.3. The maximum absolute atomic E-state index is 13.5. The first kappa shape index (κ1) is 23.3. The third-order valence-corrected chi connectivity index (χ3v) is 5.91. The van der Waals surface area contributed by atoms with Gasteiger partial charge < -0.3 is 19.8 Å². The topological polar surface area (TPSA) is 114 Å². The standard InChI is InChI=1S/C23H23F2N3O6/c24-21(25)12-34-16-2-3-18-17(10-16)22(32)27(11-14-1-4-19(30)20(31)9-14)23(33)28(18)15-5-7-26(13-29)8-6-15/h1-4,9-10,13,15,21,30-31H,5-8,11-12H2. The van der Waals surface area contributed by atoms with Crippen LogP contribution in [-0.4, -0.2) is 56.8 Å². The van der Waals surface area contributed by atoms with Gasteiger partial charge in [0, 0.05) is 19.1 Å². The highest BCUT2D eigenvalue weighted by molar-refractivity contribution is 5.80. The Labute approximate surface area is 192 Å². The van der Waals surface area contributed by atoms with Gasteiger partial charge in [-0.15, -0.1) is 0 Å². The van der Waals surface area contributed by atoms with E-state index in [9.17, 15) is 33.4 Å². The zero-order valence-corrected chi connectivity index (χ0v) is 18.1. The Hall–Kier alpha value is -3.89. The van der Waals surface area contributed by atoms with E-state index in [1.165, 1.54) is 41.0 Å². The number of nitrogens with zero attached hydrogens (tertiary/aromatic N) is 3. The number of aromatic hydroxyl groups is 2. The molecule has 0 unspecified atom stereocenters. The average molecular weight is 475 g/mol. The molecule has 1 aliphatic rings. The number of hydrogen-bond acceptors (Lipinski definition) is 6. The van der Waals surface area contributed by atoms with Gasteiger partial charge in [0.1, 0.15) is 12.4 Å². The van der Waals surface area contributed by atoms with Crippen molar-refractivity contribution in [2.45, 2.75) is 31.9 Å². The van der Waals surface area contributed by atoms with Crippen molar-refractivity contribution in [1.29, 1.82) is 0 Å². The summed E-state index contributed by atoms with van der Waals surface area (Å²) in [4.78, 5) is 39.5. The SMILES string of the molecule is O=CN1CCC(n2c(=O)n(Cc3ccc(O)c(O)c3)c(=O)c3cc(OCC(F)F)ccc32)CC1. The molecule has 1 aromatic heterocycles. The number of amides is 1. The molecule has 9 nitrogen and oxygen atoms in total. The quantitative estimate of drug-likeness (QED) is 0.400. The first-order valence-electron chi connectivity index (χ1n) is 10.7. The van der Waals surface area contributed by atoms with Crippen molar-refractivity contribution in [3.05, 3.63) is 62.8 Å². The van der Waals surface area contributed by atoms with E-state index in [1.54, 1.807) is 4.90 Å². The number of ether oxygens (including phenoxy) is 1. The van der Waals surface area contributed by atoms with Gasteiger partial charge in [-0.3, -0.25) is 18.7 Å². The fourth-order valence-corrected chi connectivity index (χ4v) is 4.20. The summed E-state index contributed by atoms with van der Waals surface area (Å²) in [5.74, 6) is -0.662. The molecule has 0 radical (unpaired) electrons. The lowest BCUT2D eigenvalue weighted by Gasteiger charge is -2.31. The van der Waals surface area contributed by atoms with E-state index in [-0.39, 0.29) is 29.5 Å². The average Bonchev–Trinajstić information content (AvgIpc) is 2.83. The van der Waals surface area contributed by atoms with Crippen molar-refractivity contribution in [3.8, 4) is 17.2 Å². The monoisotopic (exact) mass is 475 g/mol. The predicted octanol–water partition coefficient (Wildman–Crippen LogP) is 2.06. The summed E-state index contributed by atoms with van der Waals surface area (Å²) in [5, 5.41) is 19.5. The maximum Gasteiger partial charge on any atom is 0.332 e. The maximum atomic E-state index is 13.5. The highest BCUT2D eigenvalue weighted by Crippen LogP contribution is 2.27. The van der Waals surface area contributed by atoms with E-state index in [1.807, 2.05) is 0 Å². The zero-order chi connectivity index (χ0) is 24.4. The van der Waals surface area contributed by atoms with Gasteiger partial charge in [-0.05, 0) is 48.7 Å². The number of carbonyl (C=O) groups excluding carboxylic acids is 1. The second-order valence-electron chi connectivity index (χ2n) is 8.12. The molecule has 0 bridgehead atoms. The Bertz CT molecular complexity index is 1330. The zero-order valence-electron chi connectivity index (χ0n) is 18.1. The molecule has 180 valence electrons. The fourth-order valence-electron chi connectivity index (χ4n) is 4.20. The van der Waals surface area contributed by atoms with Crippen LogP contribution in [0.25, 0.3) is 10.9 Å². The van der Waals surface area contributed by atoms with E-state index in [0.29, 0.717) is 37.0 Å². The van der Waals surface area contributed by atoms with Gasteiger partial charge in [-0.2, -0.15) is 0 Å². The first-order valence-corrected chi connectivity index (χ1v) is 10.7. The van der Waals surface area contributed by atoms with Gasteiger partial charge in [-0.25, -0.2) is 13.6 Å².